The van der Waals surface area contributed by atoms with Gasteiger partial charge in [0.05, 0.1) is 0 Å². The molecule has 0 unspecified atom stereocenters. The van der Waals surface area contributed by atoms with Gasteiger partial charge in [-0.1, -0.05) is 44.2 Å². The first-order valence-corrected chi connectivity index (χ1v) is 8.68. The molecule has 4 aliphatic rings. The highest BCUT2D eigenvalue weighted by molar-refractivity contribution is 6.01. The summed E-state index contributed by atoms with van der Waals surface area (Å²) in [5.41, 5.74) is 4.24. The summed E-state index contributed by atoms with van der Waals surface area (Å²) in [5, 5.41) is 0. The maximum atomic E-state index is 11.8. The van der Waals surface area contributed by atoms with Crippen LogP contribution >= 0.6 is 0 Å². The molecule has 0 aromatic heterocycles. The molecule has 1 heteroatoms. The molecule has 0 amide bonds. The first kappa shape index (κ1) is 14.2. The summed E-state index contributed by atoms with van der Waals surface area (Å²) in [5.74, 6) is 2.23. The zero-order valence-corrected chi connectivity index (χ0v) is 13.8. The van der Waals surface area contributed by atoms with E-state index >= 15 is 0 Å². The van der Waals surface area contributed by atoms with Crippen LogP contribution in [0.3, 0.4) is 0 Å². The molecule has 0 radical (unpaired) electrons. The van der Waals surface area contributed by atoms with Crippen molar-refractivity contribution in [2.45, 2.75) is 46.0 Å². The summed E-state index contributed by atoms with van der Waals surface area (Å²) >= 11 is 0. The minimum absolute atomic E-state index is 0.0131. The summed E-state index contributed by atoms with van der Waals surface area (Å²) in [6.07, 6.45) is 11.9. The van der Waals surface area contributed by atoms with Crippen LogP contribution in [0.25, 0.3) is 0 Å². The molecular weight excluding hydrogens is 268 g/mol. The van der Waals surface area contributed by atoms with E-state index in [4.69, 9.17) is 0 Å². The van der Waals surface area contributed by atoms with Gasteiger partial charge in [-0.3, -0.25) is 4.79 Å². The Morgan fingerprint density at radius 2 is 1.95 bits per heavy atom. The SMILES string of the molecule is C=C1C[C@@H]2[C@H](CC[C@]3(C)C(=C)CC[C@@H]23)[C@@]2(C)C=CC(=O)C=C12. The number of carbonyl (C=O) groups is 1. The van der Waals surface area contributed by atoms with E-state index in [2.05, 4.69) is 33.1 Å². The maximum Gasteiger partial charge on any atom is 0.178 e. The molecule has 0 bridgehead atoms. The highest BCUT2D eigenvalue weighted by Gasteiger charge is 2.57. The van der Waals surface area contributed by atoms with E-state index < -0.39 is 0 Å². The normalized spacial score (nSPS) is 46.9. The van der Waals surface area contributed by atoms with Crippen LogP contribution in [0.1, 0.15) is 46.0 Å². The highest BCUT2D eigenvalue weighted by atomic mass is 16.1. The van der Waals surface area contributed by atoms with Crippen LogP contribution < -0.4 is 0 Å². The molecule has 5 atom stereocenters. The summed E-state index contributed by atoms with van der Waals surface area (Å²) in [7, 11) is 0. The minimum atomic E-state index is 0.0131. The van der Waals surface area contributed by atoms with Crippen LogP contribution in [0.4, 0.5) is 0 Å². The fourth-order valence-corrected chi connectivity index (χ4v) is 6.12. The summed E-state index contributed by atoms with van der Waals surface area (Å²) in [6.45, 7) is 13.5. The third kappa shape index (κ3) is 1.63. The highest BCUT2D eigenvalue weighted by Crippen LogP contribution is 2.66. The van der Waals surface area contributed by atoms with Crippen LogP contribution in [0.5, 0.6) is 0 Å². The smallest absolute Gasteiger partial charge is 0.178 e. The first-order chi connectivity index (χ1) is 10.4. The van der Waals surface area contributed by atoms with Crippen molar-refractivity contribution in [3.8, 4) is 0 Å². The van der Waals surface area contributed by atoms with Gasteiger partial charge in [0.15, 0.2) is 5.78 Å². The largest absolute Gasteiger partial charge is 0.290 e. The first-order valence-electron chi connectivity index (χ1n) is 8.68. The number of hydrogen-bond acceptors (Lipinski definition) is 1. The number of rotatable bonds is 0. The third-order valence-electron chi connectivity index (χ3n) is 7.49. The molecule has 0 saturated heterocycles. The van der Waals surface area contributed by atoms with Crippen LogP contribution in [0.15, 0.2) is 48.1 Å². The molecule has 116 valence electrons. The van der Waals surface area contributed by atoms with Gasteiger partial charge in [-0.25, -0.2) is 0 Å². The van der Waals surface area contributed by atoms with E-state index in [1.165, 1.54) is 42.4 Å². The number of fused-ring (bicyclic) bond motifs is 5. The fraction of sp³-hybridized carbons (Fsp3) is 0.571. The molecule has 1 nitrogen and oxygen atoms in total. The Morgan fingerprint density at radius 3 is 2.73 bits per heavy atom. The molecule has 3 fully saturated rings. The molecule has 4 aliphatic carbocycles. The van der Waals surface area contributed by atoms with E-state index in [1.54, 1.807) is 6.08 Å². The molecule has 22 heavy (non-hydrogen) atoms. The second-order valence-corrected chi connectivity index (χ2v) is 8.36. The fourth-order valence-electron chi connectivity index (χ4n) is 6.12. The van der Waals surface area contributed by atoms with Gasteiger partial charge in [-0.15, -0.1) is 0 Å². The lowest BCUT2D eigenvalue weighted by Crippen LogP contribution is -2.49. The van der Waals surface area contributed by atoms with Gasteiger partial charge in [0.25, 0.3) is 0 Å². The van der Waals surface area contributed by atoms with Crippen LogP contribution in [-0.2, 0) is 4.79 Å². The van der Waals surface area contributed by atoms with Gasteiger partial charge in [0, 0.05) is 5.41 Å². The Labute approximate surface area is 133 Å². The average molecular weight is 294 g/mol. The van der Waals surface area contributed by atoms with Gasteiger partial charge in [-0.2, -0.15) is 0 Å². The van der Waals surface area contributed by atoms with Crippen molar-refractivity contribution >= 4 is 5.78 Å². The number of ketones is 1. The summed E-state index contributed by atoms with van der Waals surface area (Å²) < 4.78 is 0. The summed E-state index contributed by atoms with van der Waals surface area (Å²) in [6, 6.07) is 0. The maximum absolute atomic E-state index is 11.8. The van der Waals surface area contributed by atoms with E-state index in [0.29, 0.717) is 17.3 Å². The van der Waals surface area contributed by atoms with Gasteiger partial charge >= 0.3 is 0 Å². The third-order valence-corrected chi connectivity index (χ3v) is 7.49. The van der Waals surface area contributed by atoms with Crippen LogP contribution in [0.2, 0.25) is 0 Å². The second-order valence-electron chi connectivity index (χ2n) is 8.36. The zero-order valence-electron chi connectivity index (χ0n) is 13.8. The zero-order chi connectivity index (χ0) is 15.7. The van der Waals surface area contributed by atoms with Crippen LogP contribution in [-0.4, -0.2) is 5.78 Å². The van der Waals surface area contributed by atoms with Crippen molar-refractivity contribution in [3.05, 3.63) is 48.1 Å². The van der Waals surface area contributed by atoms with Crippen molar-refractivity contribution < 1.29 is 4.79 Å². The Morgan fingerprint density at radius 1 is 1.18 bits per heavy atom. The monoisotopic (exact) mass is 294 g/mol. The molecule has 3 saturated carbocycles. The topological polar surface area (TPSA) is 17.1 Å². The lowest BCUT2D eigenvalue weighted by atomic mass is 9.47. The molecule has 0 N–H and O–H groups in total. The standard InChI is InChI=1S/C21H26O/c1-13-11-16-17-6-5-14(2)20(17,3)10-8-18(16)21(4)9-7-15(22)12-19(13)21/h7,9,12,16-18H,1-2,5-6,8,10-11H2,3-4H3/t16-,17-,18-,20+,21+/m0/s1. The Hall–Kier alpha value is -1.37. The molecule has 0 heterocycles. The van der Waals surface area contributed by atoms with Gasteiger partial charge in [0.2, 0.25) is 0 Å². The minimum Gasteiger partial charge on any atom is -0.290 e. The van der Waals surface area contributed by atoms with Crippen molar-refractivity contribution in [1.29, 1.82) is 0 Å². The Kier molecular flexibility index (Phi) is 2.81. The van der Waals surface area contributed by atoms with Crippen molar-refractivity contribution in [1.82, 2.24) is 0 Å². The van der Waals surface area contributed by atoms with Crippen molar-refractivity contribution in [2.24, 2.45) is 28.6 Å². The summed E-state index contributed by atoms with van der Waals surface area (Å²) in [4.78, 5) is 11.8. The van der Waals surface area contributed by atoms with Gasteiger partial charge < -0.3 is 0 Å². The molecule has 0 aromatic carbocycles. The van der Waals surface area contributed by atoms with E-state index in [0.717, 1.165) is 12.3 Å². The quantitative estimate of drug-likeness (QED) is 0.573. The lowest BCUT2D eigenvalue weighted by molar-refractivity contribution is -0.110. The predicted molar refractivity (Wildman–Crippen MR) is 90.3 cm³/mol. The Balaban J connectivity index is 1.78. The van der Waals surface area contributed by atoms with E-state index in [9.17, 15) is 4.79 Å². The van der Waals surface area contributed by atoms with Crippen molar-refractivity contribution in [2.75, 3.05) is 0 Å². The van der Waals surface area contributed by atoms with Gasteiger partial charge in [-0.05, 0) is 73.0 Å². The van der Waals surface area contributed by atoms with Crippen molar-refractivity contribution in [3.63, 3.8) is 0 Å². The predicted octanol–water partition coefficient (Wildman–Crippen LogP) is 5.02. The molecular formula is C21H26O. The molecule has 0 aliphatic heterocycles. The number of allylic oxidation sites excluding steroid dienone is 6. The molecule has 4 rings (SSSR count). The number of hydrogen-bond donors (Lipinski definition) is 0. The van der Waals surface area contributed by atoms with E-state index in [1.807, 2.05) is 6.08 Å². The lowest BCUT2D eigenvalue weighted by Gasteiger charge is -2.56. The molecule has 0 aromatic rings. The molecule has 0 spiro atoms. The second kappa shape index (κ2) is 4.34. The Bertz CT molecular complexity index is 649. The average Bonchev–Trinajstić information content (AvgIpc) is 2.77. The van der Waals surface area contributed by atoms with Crippen LogP contribution in [0, 0.1) is 28.6 Å². The van der Waals surface area contributed by atoms with E-state index in [-0.39, 0.29) is 11.2 Å². The number of carbonyl (C=O) groups excluding carboxylic acids is 1. The van der Waals surface area contributed by atoms with Gasteiger partial charge in [0.1, 0.15) is 0 Å².